The molecule has 0 aromatic heterocycles. The van der Waals surface area contributed by atoms with Crippen molar-refractivity contribution in [2.24, 2.45) is 0 Å². The molecule has 4 nitrogen and oxygen atoms in total. The molecule has 0 unspecified atom stereocenters. The molecule has 0 bridgehead atoms. The van der Waals surface area contributed by atoms with Crippen LogP contribution in [0.4, 0.5) is 0 Å². The van der Waals surface area contributed by atoms with Gasteiger partial charge in [-0.2, -0.15) is 0 Å². The van der Waals surface area contributed by atoms with Gasteiger partial charge in [-0.3, -0.25) is 4.79 Å². The average molecular weight is 278 g/mol. The van der Waals surface area contributed by atoms with Crippen LogP contribution >= 0.6 is 0 Å². The summed E-state index contributed by atoms with van der Waals surface area (Å²) < 4.78 is 10.3. The van der Waals surface area contributed by atoms with Crippen molar-refractivity contribution in [2.45, 2.75) is 39.5 Å². The smallest absolute Gasteiger partial charge is 0.374 e. The summed E-state index contributed by atoms with van der Waals surface area (Å²) >= 11 is 0. The Morgan fingerprint density at radius 3 is 2.35 bits per heavy atom. The molecule has 0 saturated heterocycles. The molecule has 0 saturated carbocycles. The molecule has 0 aliphatic carbocycles. The van der Waals surface area contributed by atoms with E-state index >= 15 is 0 Å². The average Bonchev–Trinajstić information content (AvgIpc) is 2.47. The Morgan fingerprint density at radius 2 is 1.75 bits per heavy atom. The molecule has 0 aliphatic rings. The molecule has 0 N–H and O–H groups in total. The lowest BCUT2D eigenvalue weighted by Gasteiger charge is -2.07. The number of Topliss-reactive ketones (excluding diaryl/α,β-unsaturated/α-hetero) is 1. The van der Waals surface area contributed by atoms with Gasteiger partial charge < -0.3 is 9.47 Å². The van der Waals surface area contributed by atoms with Gasteiger partial charge in [-0.25, -0.2) is 4.79 Å². The van der Waals surface area contributed by atoms with E-state index in [2.05, 4.69) is 19.1 Å². The molecule has 0 aliphatic heterocycles. The summed E-state index contributed by atoms with van der Waals surface area (Å²) in [7, 11) is 0. The normalized spacial score (nSPS) is 10.1. The molecule has 0 atom stereocenters. The van der Waals surface area contributed by atoms with Crippen LogP contribution in [0, 0.1) is 0 Å². The molecule has 4 heteroatoms. The Hall–Kier alpha value is -1.84. The van der Waals surface area contributed by atoms with Gasteiger partial charge in [0.15, 0.2) is 0 Å². The topological polar surface area (TPSA) is 52.6 Å². The lowest BCUT2D eigenvalue weighted by molar-refractivity contribution is -0.153. The molecular formula is C16H22O4. The Labute approximate surface area is 120 Å². The molecule has 110 valence electrons. The van der Waals surface area contributed by atoms with Gasteiger partial charge in [0.05, 0.1) is 13.2 Å². The minimum atomic E-state index is -0.753. The maximum atomic E-state index is 11.1. The van der Waals surface area contributed by atoms with Crippen LogP contribution in [-0.4, -0.2) is 25.0 Å². The summed E-state index contributed by atoms with van der Waals surface area (Å²) in [5, 5.41) is 0. The summed E-state index contributed by atoms with van der Waals surface area (Å²) in [4.78, 5) is 22.1. The lowest BCUT2D eigenvalue weighted by atomic mass is 10.1. The van der Waals surface area contributed by atoms with E-state index < -0.39 is 11.8 Å². The first-order chi connectivity index (χ1) is 9.67. The van der Waals surface area contributed by atoms with Crippen molar-refractivity contribution in [1.29, 1.82) is 0 Å². The summed E-state index contributed by atoms with van der Waals surface area (Å²) in [5.74, 6) is -0.435. The molecule has 0 heterocycles. The number of hydrogen-bond acceptors (Lipinski definition) is 4. The number of ketones is 1. The van der Waals surface area contributed by atoms with Crippen LogP contribution in [-0.2, 0) is 20.7 Å². The Bertz CT molecular complexity index is 423. The third-order valence-electron chi connectivity index (χ3n) is 2.80. The predicted molar refractivity (Wildman–Crippen MR) is 76.8 cm³/mol. The fourth-order valence-corrected chi connectivity index (χ4v) is 1.68. The van der Waals surface area contributed by atoms with Crippen LogP contribution in [0.25, 0.3) is 0 Å². The van der Waals surface area contributed by atoms with Crippen LogP contribution in [0.3, 0.4) is 0 Å². The van der Waals surface area contributed by atoms with Crippen molar-refractivity contribution in [2.75, 3.05) is 13.2 Å². The molecule has 1 aromatic carbocycles. The van der Waals surface area contributed by atoms with Crippen LogP contribution in [0.5, 0.6) is 5.75 Å². The van der Waals surface area contributed by atoms with Gasteiger partial charge in [0.25, 0.3) is 0 Å². The second kappa shape index (κ2) is 9.13. The summed E-state index contributed by atoms with van der Waals surface area (Å²) in [6.45, 7) is 4.45. The SMILES string of the molecule is CCCc1ccc(OCCCOC(=O)C(=O)CC)cc1. The monoisotopic (exact) mass is 278 g/mol. The first-order valence-electron chi connectivity index (χ1n) is 7.09. The number of aryl methyl sites for hydroxylation is 1. The predicted octanol–water partition coefficient (Wildman–Crippen LogP) is 2.93. The summed E-state index contributed by atoms with van der Waals surface area (Å²) in [6, 6.07) is 7.99. The minimum Gasteiger partial charge on any atom is -0.493 e. The number of carbonyl (C=O) groups excluding carboxylic acids is 2. The highest BCUT2D eigenvalue weighted by atomic mass is 16.5. The molecular weight excluding hydrogens is 256 g/mol. The van der Waals surface area contributed by atoms with Crippen molar-refractivity contribution in [3.05, 3.63) is 29.8 Å². The van der Waals surface area contributed by atoms with Crippen LogP contribution in [0.1, 0.15) is 38.7 Å². The first kappa shape index (κ1) is 16.2. The zero-order valence-corrected chi connectivity index (χ0v) is 12.2. The largest absolute Gasteiger partial charge is 0.493 e. The highest BCUT2D eigenvalue weighted by Crippen LogP contribution is 2.13. The second-order valence-electron chi connectivity index (χ2n) is 4.51. The minimum absolute atomic E-state index is 0.180. The third kappa shape index (κ3) is 5.87. The number of esters is 1. The fourth-order valence-electron chi connectivity index (χ4n) is 1.68. The van der Waals surface area contributed by atoms with Gasteiger partial charge in [-0.15, -0.1) is 0 Å². The van der Waals surface area contributed by atoms with E-state index in [1.54, 1.807) is 6.92 Å². The number of benzene rings is 1. The molecule has 0 radical (unpaired) electrons. The maximum Gasteiger partial charge on any atom is 0.374 e. The number of rotatable bonds is 9. The molecule has 1 rings (SSSR count). The third-order valence-corrected chi connectivity index (χ3v) is 2.80. The number of ether oxygens (including phenoxy) is 2. The van der Waals surface area contributed by atoms with E-state index in [0.717, 1.165) is 18.6 Å². The molecule has 0 amide bonds. The van der Waals surface area contributed by atoms with E-state index in [4.69, 9.17) is 9.47 Å². The number of carbonyl (C=O) groups is 2. The maximum absolute atomic E-state index is 11.1. The van der Waals surface area contributed by atoms with Gasteiger partial charge in [-0.05, 0) is 24.1 Å². The molecule has 0 spiro atoms. The van der Waals surface area contributed by atoms with Crippen LogP contribution in [0.15, 0.2) is 24.3 Å². The van der Waals surface area contributed by atoms with Gasteiger partial charge >= 0.3 is 5.97 Å². The molecule has 20 heavy (non-hydrogen) atoms. The van der Waals surface area contributed by atoms with Crippen molar-refractivity contribution in [3.8, 4) is 5.75 Å². The van der Waals surface area contributed by atoms with E-state index in [0.29, 0.717) is 13.0 Å². The van der Waals surface area contributed by atoms with E-state index in [-0.39, 0.29) is 13.0 Å². The van der Waals surface area contributed by atoms with E-state index in [1.807, 2.05) is 12.1 Å². The molecule has 0 fully saturated rings. The van der Waals surface area contributed by atoms with E-state index in [1.165, 1.54) is 5.56 Å². The summed E-state index contributed by atoms with van der Waals surface area (Å²) in [5.41, 5.74) is 1.30. The second-order valence-corrected chi connectivity index (χ2v) is 4.51. The van der Waals surface area contributed by atoms with Gasteiger partial charge in [0, 0.05) is 12.8 Å². The Balaban J connectivity index is 2.18. The zero-order chi connectivity index (χ0) is 14.8. The first-order valence-corrected chi connectivity index (χ1v) is 7.09. The van der Waals surface area contributed by atoms with Crippen molar-refractivity contribution < 1.29 is 19.1 Å². The Morgan fingerprint density at radius 1 is 1.05 bits per heavy atom. The van der Waals surface area contributed by atoms with Crippen molar-refractivity contribution in [3.63, 3.8) is 0 Å². The summed E-state index contributed by atoms with van der Waals surface area (Å²) in [6.07, 6.45) is 2.95. The van der Waals surface area contributed by atoms with Crippen molar-refractivity contribution in [1.82, 2.24) is 0 Å². The quantitative estimate of drug-likeness (QED) is 0.396. The van der Waals surface area contributed by atoms with Crippen LogP contribution < -0.4 is 4.74 Å². The standard InChI is InChI=1S/C16H22O4/c1-3-6-13-7-9-14(10-8-13)19-11-5-12-20-16(18)15(17)4-2/h7-10H,3-6,11-12H2,1-2H3. The van der Waals surface area contributed by atoms with Crippen molar-refractivity contribution >= 4 is 11.8 Å². The Kier molecular flexibility index (Phi) is 7.40. The molecule has 1 aromatic rings. The van der Waals surface area contributed by atoms with Gasteiger partial charge in [-0.1, -0.05) is 32.4 Å². The van der Waals surface area contributed by atoms with Gasteiger partial charge in [0.2, 0.25) is 5.78 Å². The van der Waals surface area contributed by atoms with Crippen LogP contribution in [0.2, 0.25) is 0 Å². The zero-order valence-electron chi connectivity index (χ0n) is 12.2. The van der Waals surface area contributed by atoms with E-state index in [9.17, 15) is 9.59 Å². The lowest BCUT2D eigenvalue weighted by Crippen LogP contribution is -2.17. The highest BCUT2D eigenvalue weighted by Gasteiger charge is 2.11. The van der Waals surface area contributed by atoms with Gasteiger partial charge in [0.1, 0.15) is 5.75 Å². The highest BCUT2D eigenvalue weighted by molar-refractivity contribution is 6.33. The number of hydrogen-bond donors (Lipinski definition) is 0. The fraction of sp³-hybridized carbons (Fsp3) is 0.500.